The van der Waals surface area contributed by atoms with Gasteiger partial charge in [0.15, 0.2) is 136 Å². The number of amides is 1. The average molecular weight is 956 g/mol. The summed E-state index contributed by atoms with van der Waals surface area (Å²) in [7, 11) is 0. The summed E-state index contributed by atoms with van der Waals surface area (Å²) in [6.45, 7) is -1.16. The van der Waals surface area contributed by atoms with Crippen molar-refractivity contribution in [3.05, 3.63) is 44.8 Å². The number of hydrogen-bond donors (Lipinski definition) is 1. The maximum absolute atomic E-state index is 11.7. The van der Waals surface area contributed by atoms with Crippen LogP contribution in [0.5, 0.6) is 5.75 Å². The van der Waals surface area contributed by atoms with Crippen molar-refractivity contribution in [1.82, 2.24) is 5.32 Å². The Labute approximate surface area is 372 Å². The summed E-state index contributed by atoms with van der Waals surface area (Å²) in [6, 6.07) is 5.07. The van der Waals surface area contributed by atoms with Gasteiger partial charge in [-0.05, 0) is 17.7 Å². The van der Waals surface area contributed by atoms with E-state index in [0.717, 1.165) is 0 Å². The molecule has 0 saturated heterocycles. The number of ether oxygens (including phenoxy) is 24. The number of nitrogens with zero attached hydrogens (tertiary/aromatic N) is 4. The highest BCUT2D eigenvalue weighted by atomic mass is 16.9. The quantitative estimate of drug-likeness (QED) is 0.0184. The Morgan fingerprint density at radius 3 is 0.985 bits per heavy atom. The van der Waals surface area contributed by atoms with E-state index in [1.54, 1.807) is 0 Å². The summed E-state index contributed by atoms with van der Waals surface area (Å²) >= 11 is 0. The number of non-ortho nitro benzene ring substituents is 1. The predicted octanol–water partition coefficient (Wildman–Crippen LogP) is 1.44. The summed E-state index contributed by atoms with van der Waals surface area (Å²) in [5.41, 5.74) is 7.99. The van der Waals surface area contributed by atoms with Gasteiger partial charge in [-0.1, -0.05) is 5.11 Å². The van der Waals surface area contributed by atoms with Crippen molar-refractivity contribution < 1.29 is 123 Å². The van der Waals surface area contributed by atoms with Crippen LogP contribution in [0.25, 0.3) is 10.4 Å². The zero-order valence-electron chi connectivity index (χ0n) is 35.5. The van der Waals surface area contributed by atoms with Gasteiger partial charge in [0.25, 0.3) is 5.69 Å². The molecular formula is C33H57N5O27. The van der Waals surface area contributed by atoms with Crippen LogP contribution in [0.1, 0.15) is 0 Å². The fraction of sp³-hybridized carbons (Fsp3) is 0.788. The third kappa shape index (κ3) is 45.2. The van der Waals surface area contributed by atoms with Gasteiger partial charge in [-0.2, -0.15) is 0 Å². The van der Waals surface area contributed by atoms with E-state index in [2.05, 4.69) is 15.3 Å². The first kappa shape index (κ1) is 59.3. The maximum Gasteiger partial charge on any atom is 0.412 e. The zero-order chi connectivity index (χ0) is 46.6. The fourth-order valence-corrected chi connectivity index (χ4v) is 3.28. The summed E-state index contributed by atoms with van der Waals surface area (Å²) in [4.78, 5) is 24.4. The molecule has 32 nitrogen and oxygen atoms in total. The summed E-state index contributed by atoms with van der Waals surface area (Å²) in [6.07, 6.45) is -0.740. The van der Waals surface area contributed by atoms with Crippen molar-refractivity contribution in [3.63, 3.8) is 0 Å². The Morgan fingerprint density at radius 1 is 0.462 bits per heavy atom. The Bertz CT molecular complexity index is 1250. The number of carbonyl (C=O) groups excluding carboxylic acids is 1. The van der Waals surface area contributed by atoms with E-state index >= 15 is 0 Å². The molecule has 0 radical (unpaired) electrons. The lowest BCUT2D eigenvalue weighted by Crippen LogP contribution is -2.30. The first-order chi connectivity index (χ1) is 32.1. The van der Waals surface area contributed by atoms with Gasteiger partial charge in [-0.3, -0.25) is 10.1 Å². The Kier molecular flexibility index (Phi) is 45.3. The molecule has 1 amide bonds. The number of rotatable bonds is 52. The molecule has 0 aliphatic carbocycles. The Hall–Kier alpha value is -3.72. The largest absolute Gasteiger partial charge is 0.412 e. The highest BCUT2D eigenvalue weighted by Gasteiger charge is 2.08. The van der Waals surface area contributed by atoms with E-state index in [9.17, 15) is 14.9 Å². The first-order valence-electron chi connectivity index (χ1n) is 18.6. The van der Waals surface area contributed by atoms with Crippen LogP contribution in [-0.4, -0.2) is 187 Å². The molecule has 1 N–H and O–H groups in total. The second-order valence-electron chi connectivity index (χ2n) is 10.7. The van der Waals surface area contributed by atoms with Gasteiger partial charge in [0.2, 0.25) is 0 Å². The summed E-state index contributed by atoms with van der Waals surface area (Å²) in [5, 5.41) is 16.4. The molecule has 32 heteroatoms. The third-order valence-corrected chi connectivity index (χ3v) is 5.84. The summed E-state index contributed by atoms with van der Waals surface area (Å²) < 4.78 is 121. The molecule has 65 heavy (non-hydrogen) atoms. The molecule has 0 spiro atoms. The van der Waals surface area contributed by atoms with Gasteiger partial charge in [-0.15, -0.1) is 0 Å². The summed E-state index contributed by atoms with van der Waals surface area (Å²) in [5.74, 6) is 0.158. The van der Waals surface area contributed by atoms with Crippen molar-refractivity contribution in [2.24, 2.45) is 5.11 Å². The molecule has 0 fully saturated rings. The molecule has 1 aromatic rings. The second-order valence-corrected chi connectivity index (χ2v) is 10.7. The fourth-order valence-electron chi connectivity index (χ4n) is 3.28. The highest BCUT2D eigenvalue weighted by molar-refractivity contribution is 5.70. The van der Waals surface area contributed by atoms with Crippen LogP contribution >= 0.6 is 0 Å². The smallest absolute Gasteiger partial charge is 0.410 e. The number of azide groups is 1. The van der Waals surface area contributed by atoms with Gasteiger partial charge >= 0.3 is 6.09 Å². The lowest BCUT2D eigenvalue weighted by atomic mass is 10.3. The van der Waals surface area contributed by atoms with Crippen LogP contribution in [0.15, 0.2) is 29.4 Å². The van der Waals surface area contributed by atoms with E-state index < -0.39 is 11.0 Å². The molecule has 0 aromatic heterocycles. The minimum absolute atomic E-state index is 0.00209. The van der Waals surface area contributed by atoms with E-state index in [4.69, 9.17) is 119 Å². The van der Waals surface area contributed by atoms with Crippen molar-refractivity contribution in [2.75, 3.05) is 176 Å². The Balaban J connectivity index is 1.63. The van der Waals surface area contributed by atoms with Crippen LogP contribution in [-0.2, 0) is 109 Å². The molecular weight excluding hydrogens is 898 g/mol. The van der Waals surface area contributed by atoms with Crippen LogP contribution in [0, 0.1) is 10.1 Å². The maximum atomic E-state index is 11.7. The van der Waals surface area contributed by atoms with Crippen molar-refractivity contribution in [3.8, 4) is 5.75 Å². The molecule has 0 bridgehead atoms. The van der Waals surface area contributed by atoms with Crippen LogP contribution in [0.2, 0.25) is 0 Å². The SMILES string of the molecule is [N-]=[N+]=NCCOCOCOCOCOCOCOCOCOCOCOCOCOCOCOCOCOCOCOCOCOCOCOCCNC(=O)Oc1ccc([N+](=O)[O-])cc1. The lowest BCUT2D eigenvalue weighted by Gasteiger charge is -2.10. The average Bonchev–Trinajstić information content (AvgIpc) is 3.31. The van der Waals surface area contributed by atoms with Crippen molar-refractivity contribution in [1.29, 1.82) is 0 Å². The number of nitrogens with one attached hydrogen (secondary N) is 1. The third-order valence-electron chi connectivity index (χ3n) is 5.84. The number of carbonyl (C=O) groups is 1. The monoisotopic (exact) mass is 955 g/mol. The number of benzene rings is 1. The van der Waals surface area contributed by atoms with Gasteiger partial charge in [0.05, 0.1) is 18.1 Å². The molecule has 0 heterocycles. The molecule has 376 valence electrons. The van der Waals surface area contributed by atoms with Crippen LogP contribution in [0.3, 0.4) is 0 Å². The van der Waals surface area contributed by atoms with E-state index in [0.29, 0.717) is 0 Å². The second kappa shape index (κ2) is 49.7. The topological polar surface area (TPSA) is 343 Å². The number of hydrogen-bond acceptors (Lipinski definition) is 28. The van der Waals surface area contributed by atoms with Gasteiger partial charge in [0, 0.05) is 30.1 Å². The Morgan fingerprint density at radius 2 is 0.723 bits per heavy atom. The molecule has 0 unspecified atom stereocenters. The number of nitro groups is 1. The molecule has 1 aromatic carbocycles. The van der Waals surface area contributed by atoms with Gasteiger partial charge in [-0.25, -0.2) is 4.79 Å². The molecule has 0 aliphatic rings. The van der Waals surface area contributed by atoms with Crippen molar-refractivity contribution >= 4 is 11.8 Å². The normalized spacial score (nSPS) is 11.2. The van der Waals surface area contributed by atoms with Gasteiger partial charge < -0.3 is 119 Å². The minimum Gasteiger partial charge on any atom is -0.410 e. The molecule has 1 rings (SSSR count). The van der Waals surface area contributed by atoms with E-state index in [1.807, 2.05) is 0 Å². The molecule has 0 saturated carbocycles. The highest BCUT2D eigenvalue weighted by Crippen LogP contribution is 2.17. The predicted molar refractivity (Wildman–Crippen MR) is 203 cm³/mol. The standard InChI is InChI=1S/C33H57N5O27/c34-37-36-6-8-43-10-45-12-47-14-49-16-51-18-53-20-55-22-57-24-59-26-61-28-63-30-64-29-62-27-60-25-58-23-56-21-54-19-52-17-50-15-48-13-46-11-44-9-42-7-5-35-33(39)65-32-3-1-31(2-4-32)38(40)41/h1-4H,5-30H2,(H,35,39). The van der Waals surface area contributed by atoms with Crippen LogP contribution in [0.4, 0.5) is 10.5 Å². The number of nitro benzene ring substituents is 1. The lowest BCUT2D eigenvalue weighted by molar-refractivity contribution is -0.384. The van der Waals surface area contributed by atoms with Gasteiger partial charge in [0.1, 0.15) is 19.3 Å². The van der Waals surface area contributed by atoms with E-state index in [-0.39, 0.29) is 187 Å². The van der Waals surface area contributed by atoms with Crippen LogP contribution < -0.4 is 10.1 Å². The van der Waals surface area contributed by atoms with E-state index in [1.165, 1.54) is 24.3 Å². The molecule has 0 aliphatic heterocycles. The van der Waals surface area contributed by atoms with Crippen molar-refractivity contribution in [2.45, 2.75) is 0 Å². The zero-order valence-corrected chi connectivity index (χ0v) is 35.5. The first-order valence-corrected chi connectivity index (χ1v) is 18.6. The minimum atomic E-state index is -0.740. The molecule has 0 atom stereocenters.